The molecule has 12 heavy (non-hydrogen) atoms. The zero-order chi connectivity index (χ0) is 8.55. The number of hydrogen-bond donors (Lipinski definition) is 1. The molecule has 1 aromatic carbocycles. The van der Waals surface area contributed by atoms with Gasteiger partial charge in [-0.2, -0.15) is 0 Å². The fourth-order valence-electron chi connectivity index (χ4n) is 2.23. The van der Waals surface area contributed by atoms with E-state index in [1.54, 1.807) is 0 Å². The summed E-state index contributed by atoms with van der Waals surface area (Å²) in [6.45, 7) is 2.31. The molecule has 1 nitrogen and oxygen atoms in total. The smallest absolute Gasteiger partial charge is 0.0349 e. The van der Waals surface area contributed by atoms with Crippen LogP contribution in [0.1, 0.15) is 24.1 Å². The predicted octanol–water partition coefficient (Wildman–Crippen LogP) is 2.14. The monoisotopic (exact) mass is 161 g/mol. The molecule has 0 aromatic heterocycles. The fourth-order valence-corrected chi connectivity index (χ4v) is 2.23. The number of hydrogen-bond acceptors (Lipinski definition) is 1. The van der Waals surface area contributed by atoms with Crippen molar-refractivity contribution in [1.82, 2.24) is 5.32 Å². The second-order valence-electron chi connectivity index (χ2n) is 3.65. The van der Waals surface area contributed by atoms with Crippen LogP contribution in [0, 0.1) is 5.92 Å². The van der Waals surface area contributed by atoms with Crippen LogP contribution in [0.15, 0.2) is 24.3 Å². The van der Waals surface area contributed by atoms with Crippen LogP contribution in [0.5, 0.6) is 0 Å². The highest BCUT2D eigenvalue weighted by atomic mass is 14.9. The Morgan fingerprint density at radius 2 is 2.08 bits per heavy atom. The first-order chi connectivity index (χ1) is 5.83. The number of fused-ring (bicyclic) bond motifs is 1. The molecule has 0 unspecified atom stereocenters. The van der Waals surface area contributed by atoms with Crippen LogP contribution in [0.4, 0.5) is 0 Å². The van der Waals surface area contributed by atoms with Crippen LogP contribution < -0.4 is 5.32 Å². The van der Waals surface area contributed by atoms with E-state index >= 15 is 0 Å². The SMILES string of the molecule is CN[C@H]1c2ccccc2C[C@H]1C. The Labute approximate surface area is 73.8 Å². The Bertz CT molecular complexity index is 280. The van der Waals surface area contributed by atoms with Crippen molar-refractivity contribution in [1.29, 1.82) is 0 Å². The molecule has 0 heterocycles. The number of nitrogens with one attached hydrogen (secondary N) is 1. The van der Waals surface area contributed by atoms with E-state index in [-0.39, 0.29) is 0 Å². The lowest BCUT2D eigenvalue weighted by Crippen LogP contribution is -2.19. The van der Waals surface area contributed by atoms with Crippen LogP contribution >= 0.6 is 0 Å². The predicted molar refractivity (Wildman–Crippen MR) is 51.1 cm³/mol. The summed E-state index contributed by atoms with van der Waals surface area (Å²) < 4.78 is 0. The van der Waals surface area contributed by atoms with E-state index in [1.807, 2.05) is 7.05 Å². The summed E-state index contributed by atoms with van der Waals surface area (Å²) in [7, 11) is 2.04. The second kappa shape index (κ2) is 2.91. The quantitative estimate of drug-likeness (QED) is 0.665. The van der Waals surface area contributed by atoms with Crippen LogP contribution in [-0.2, 0) is 6.42 Å². The van der Waals surface area contributed by atoms with Gasteiger partial charge in [0.15, 0.2) is 0 Å². The van der Waals surface area contributed by atoms with Crippen molar-refractivity contribution in [3.05, 3.63) is 35.4 Å². The van der Waals surface area contributed by atoms with Gasteiger partial charge in [-0.1, -0.05) is 31.2 Å². The van der Waals surface area contributed by atoms with Gasteiger partial charge in [0.2, 0.25) is 0 Å². The van der Waals surface area contributed by atoms with E-state index in [1.165, 1.54) is 17.5 Å². The van der Waals surface area contributed by atoms with E-state index in [0.717, 1.165) is 5.92 Å². The highest BCUT2D eigenvalue weighted by Gasteiger charge is 2.26. The van der Waals surface area contributed by atoms with Gasteiger partial charge in [0, 0.05) is 6.04 Å². The first-order valence-electron chi connectivity index (χ1n) is 4.58. The molecular formula is C11H15N. The van der Waals surface area contributed by atoms with Crippen molar-refractivity contribution < 1.29 is 0 Å². The van der Waals surface area contributed by atoms with Gasteiger partial charge in [0.05, 0.1) is 0 Å². The Hall–Kier alpha value is -0.820. The summed E-state index contributed by atoms with van der Waals surface area (Å²) in [5.74, 6) is 0.743. The summed E-state index contributed by atoms with van der Waals surface area (Å²) in [4.78, 5) is 0. The third-order valence-corrected chi connectivity index (χ3v) is 2.81. The lowest BCUT2D eigenvalue weighted by Gasteiger charge is -2.14. The molecule has 0 saturated heterocycles. The zero-order valence-corrected chi connectivity index (χ0v) is 7.67. The Kier molecular flexibility index (Phi) is 1.89. The van der Waals surface area contributed by atoms with Crippen LogP contribution in [0.25, 0.3) is 0 Å². The molecule has 0 amide bonds. The molecule has 0 aliphatic heterocycles. The Morgan fingerprint density at radius 3 is 2.83 bits per heavy atom. The minimum atomic E-state index is 0.571. The van der Waals surface area contributed by atoms with Crippen LogP contribution in [0.2, 0.25) is 0 Å². The van der Waals surface area contributed by atoms with E-state index in [2.05, 4.69) is 36.5 Å². The topological polar surface area (TPSA) is 12.0 Å². The van der Waals surface area contributed by atoms with Crippen molar-refractivity contribution in [2.75, 3.05) is 7.05 Å². The summed E-state index contributed by atoms with van der Waals surface area (Å²) in [5, 5.41) is 3.37. The van der Waals surface area contributed by atoms with Crippen molar-refractivity contribution in [3.63, 3.8) is 0 Å². The van der Waals surface area contributed by atoms with E-state index in [9.17, 15) is 0 Å². The van der Waals surface area contributed by atoms with E-state index in [0.29, 0.717) is 6.04 Å². The van der Waals surface area contributed by atoms with Gasteiger partial charge in [0.25, 0.3) is 0 Å². The normalized spacial score (nSPS) is 27.2. The molecular weight excluding hydrogens is 146 g/mol. The van der Waals surface area contributed by atoms with Gasteiger partial charge in [0.1, 0.15) is 0 Å². The lowest BCUT2D eigenvalue weighted by atomic mass is 10.0. The summed E-state index contributed by atoms with van der Waals surface area (Å²) in [5.41, 5.74) is 3.01. The molecule has 1 aliphatic carbocycles. The first-order valence-corrected chi connectivity index (χ1v) is 4.58. The van der Waals surface area contributed by atoms with Crippen molar-refractivity contribution in [2.24, 2.45) is 5.92 Å². The fraction of sp³-hybridized carbons (Fsp3) is 0.455. The largest absolute Gasteiger partial charge is 0.313 e. The van der Waals surface area contributed by atoms with Crippen molar-refractivity contribution in [3.8, 4) is 0 Å². The molecule has 1 aromatic rings. The van der Waals surface area contributed by atoms with Crippen molar-refractivity contribution in [2.45, 2.75) is 19.4 Å². The van der Waals surface area contributed by atoms with Gasteiger partial charge in [-0.25, -0.2) is 0 Å². The molecule has 0 fully saturated rings. The molecule has 0 spiro atoms. The maximum Gasteiger partial charge on any atom is 0.0349 e. The molecule has 1 heteroatoms. The zero-order valence-electron chi connectivity index (χ0n) is 7.67. The van der Waals surface area contributed by atoms with Gasteiger partial charge in [-0.05, 0) is 30.5 Å². The standard InChI is InChI=1S/C11H15N/c1-8-7-9-5-3-4-6-10(9)11(8)12-2/h3-6,8,11-12H,7H2,1-2H3/t8-,11-/m1/s1. The lowest BCUT2D eigenvalue weighted by molar-refractivity contribution is 0.447. The average molecular weight is 161 g/mol. The van der Waals surface area contributed by atoms with Gasteiger partial charge >= 0.3 is 0 Å². The van der Waals surface area contributed by atoms with Crippen LogP contribution in [0.3, 0.4) is 0 Å². The molecule has 0 bridgehead atoms. The highest BCUT2D eigenvalue weighted by Crippen LogP contribution is 2.34. The van der Waals surface area contributed by atoms with Crippen molar-refractivity contribution >= 4 is 0 Å². The molecule has 2 atom stereocenters. The second-order valence-corrected chi connectivity index (χ2v) is 3.65. The Balaban J connectivity index is 2.40. The van der Waals surface area contributed by atoms with Gasteiger partial charge < -0.3 is 5.32 Å². The third kappa shape index (κ3) is 1.05. The Morgan fingerprint density at radius 1 is 1.33 bits per heavy atom. The molecule has 0 radical (unpaired) electrons. The molecule has 2 rings (SSSR count). The van der Waals surface area contributed by atoms with E-state index < -0.39 is 0 Å². The minimum Gasteiger partial charge on any atom is -0.313 e. The summed E-state index contributed by atoms with van der Waals surface area (Å²) in [6.07, 6.45) is 1.22. The molecule has 0 saturated carbocycles. The molecule has 1 N–H and O–H groups in total. The maximum atomic E-state index is 3.37. The average Bonchev–Trinajstić information content (AvgIpc) is 2.40. The summed E-state index contributed by atoms with van der Waals surface area (Å²) in [6, 6.07) is 9.30. The third-order valence-electron chi connectivity index (χ3n) is 2.81. The molecule has 1 aliphatic rings. The van der Waals surface area contributed by atoms with Crippen LogP contribution in [-0.4, -0.2) is 7.05 Å². The van der Waals surface area contributed by atoms with Gasteiger partial charge in [-0.15, -0.1) is 0 Å². The number of benzene rings is 1. The molecule has 64 valence electrons. The first kappa shape index (κ1) is 7.81. The minimum absolute atomic E-state index is 0.571. The summed E-state index contributed by atoms with van der Waals surface area (Å²) >= 11 is 0. The van der Waals surface area contributed by atoms with E-state index in [4.69, 9.17) is 0 Å². The highest BCUT2D eigenvalue weighted by molar-refractivity contribution is 5.35. The van der Waals surface area contributed by atoms with Gasteiger partial charge in [-0.3, -0.25) is 0 Å². The number of rotatable bonds is 1. The maximum absolute atomic E-state index is 3.37.